The molecule has 1 amide bonds. The van der Waals surface area contributed by atoms with Gasteiger partial charge in [-0.25, -0.2) is 0 Å². The molecule has 1 N–H and O–H groups in total. The van der Waals surface area contributed by atoms with Gasteiger partial charge in [-0.3, -0.25) is 4.79 Å². The highest BCUT2D eigenvalue weighted by Crippen LogP contribution is 2.40. The van der Waals surface area contributed by atoms with Gasteiger partial charge >= 0.3 is 0 Å². The Kier molecular flexibility index (Phi) is 2.49. The predicted octanol–water partition coefficient (Wildman–Crippen LogP) is 1.82. The highest BCUT2D eigenvalue weighted by atomic mass is 16.2. The van der Waals surface area contributed by atoms with Crippen LogP contribution in [0.2, 0.25) is 0 Å². The molecule has 3 heteroatoms. The maximum atomic E-state index is 11.9. The molecular formula is C14H20N2O. The minimum Gasteiger partial charge on any atom is -0.370 e. The molecule has 1 spiro atoms. The number of amides is 1. The molecule has 3 rings (SSSR count). The topological polar surface area (TPSA) is 32.3 Å². The second-order valence-electron chi connectivity index (χ2n) is 5.51. The minimum absolute atomic E-state index is 0.0848. The first-order valence-corrected chi connectivity index (χ1v) is 6.62. The molecule has 2 heterocycles. The third-order valence-electron chi connectivity index (χ3n) is 4.42. The number of rotatable bonds is 1. The van der Waals surface area contributed by atoms with Crippen molar-refractivity contribution in [1.29, 1.82) is 0 Å². The zero-order valence-corrected chi connectivity index (χ0v) is 10.5. The Labute approximate surface area is 103 Å². The molecule has 3 aliphatic rings. The summed E-state index contributed by atoms with van der Waals surface area (Å²) in [6.45, 7) is 4.99. The third kappa shape index (κ3) is 1.68. The number of nitrogens with zero attached hydrogens (tertiary/aromatic N) is 1. The molecule has 17 heavy (non-hydrogen) atoms. The van der Waals surface area contributed by atoms with Gasteiger partial charge in [0.2, 0.25) is 5.91 Å². The lowest BCUT2D eigenvalue weighted by Crippen LogP contribution is -2.34. The lowest BCUT2D eigenvalue weighted by Gasteiger charge is -2.27. The normalized spacial score (nSPS) is 32.8. The van der Waals surface area contributed by atoms with E-state index in [1.807, 2.05) is 0 Å². The molecule has 2 aliphatic heterocycles. The van der Waals surface area contributed by atoms with Crippen LogP contribution < -0.4 is 5.32 Å². The summed E-state index contributed by atoms with van der Waals surface area (Å²) in [5.74, 6) is 0.276. The van der Waals surface area contributed by atoms with Gasteiger partial charge in [-0.05, 0) is 38.2 Å². The summed E-state index contributed by atoms with van der Waals surface area (Å²) < 4.78 is 0. The molecule has 1 aliphatic carbocycles. The number of hydrogen-bond donors (Lipinski definition) is 1. The van der Waals surface area contributed by atoms with Crippen LogP contribution in [0.25, 0.3) is 0 Å². The van der Waals surface area contributed by atoms with Gasteiger partial charge in [0.25, 0.3) is 0 Å². The highest BCUT2D eigenvalue weighted by molar-refractivity contribution is 5.85. The Morgan fingerprint density at radius 1 is 1.29 bits per heavy atom. The van der Waals surface area contributed by atoms with Gasteiger partial charge in [-0.15, -0.1) is 0 Å². The Balaban J connectivity index is 1.78. The number of likely N-dealkylation sites (tertiary alicyclic amines) is 1. The predicted molar refractivity (Wildman–Crippen MR) is 67.3 cm³/mol. The highest BCUT2D eigenvalue weighted by Gasteiger charge is 2.47. The molecule has 0 aromatic carbocycles. The second-order valence-corrected chi connectivity index (χ2v) is 5.51. The van der Waals surface area contributed by atoms with Gasteiger partial charge in [0.15, 0.2) is 0 Å². The summed E-state index contributed by atoms with van der Waals surface area (Å²) >= 11 is 0. The Morgan fingerprint density at radius 2 is 2.12 bits per heavy atom. The van der Waals surface area contributed by atoms with Crippen molar-refractivity contribution >= 4 is 5.91 Å². The molecule has 0 aromatic rings. The van der Waals surface area contributed by atoms with Gasteiger partial charge in [-0.1, -0.05) is 12.2 Å². The van der Waals surface area contributed by atoms with E-state index in [2.05, 4.69) is 29.3 Å². The first kappa shape index (κ1) is 10.9. The van der Waals surface area contributed by atoms with Crippen LogP contribution in [0.15, 0.2) is 23.4 Å². The second kappa shape index (κ2) is 3.90. The first-order valence-electron chi connectivity index (χ1n) is 6.62. The van der Waals surface area contributed by atoms with Crippen molar-refractivity contribution in [3.8, 4) is 0 Å². The van der Waals surface area contributed by atoms with Crippen molar-refractivity contribution in [1.82, 2.24) is 10.2 Å². The van der Waals surface area contributed by atoms with Crippen LogP contribution >= 0.6 is 0 Å². The number of allylic oxidation sites excluding steroid dienone is 3. The fourth-order valence-corrected chi connectivity index (χ4v) is 3.35. The number of hydrogen-bond acceptors (Lipinski definition) is 2. The molecular weight excluding hydrogens is 212 g/mol. The van der Waals surface area contributed by atoms with Crippen LogP contribution in [0.1, 0.15) is 32.6 Å². The van der Waals surface area contributed by atoms with Gasteiger partial charge in [-0.2, -0.15) is 0 Å². The zero-order chi connectivity index (χ0) is 11.9. The summed E-state index contributed by atoms with van der Waals surface area (Å²) in [7, 11) is 0. The number of carbonyl (C=O) groups excluding carboxylic acids is 1. The third-order valence-corrected chi connectivity index (χ3v) is 4.42. The van der Waals surface area contributed by atoms with Crippen LogP contribution in [0, 0.1) is 5.41 Å². The van der Waals surface area contributed by atoms with Crippen molar-refractivity contribution in [3.05, 3.63) is 23.4 Å². The van der Waals surface area contributed by atoms with Crippen LogP contribution in [0.3, 0.4) is 0 Å². The number of carbonyl (C=O) groups is 1. The lowest BCUT2D eigenvalue weighted by atomic mass is 9.86. The van der Waals surface area contributed by atoms with Crippen LogP contribution in [0.4, 0.5) is 0 Å². The van der Waals surface area contributed by atoms with Gasteiger partial charge in [0.05, 0.1) is 5.41 Å². The first-order chi connectivity index (χ1) is 8.21. The summed E-state index contributed by atoms with van der Waals surface area (Å²) in [5, 5.41) is 2.99. The standard InChI is InChI=1S/C14H20N2O/c1-11-4-2-3-5-12(11)16-9-7-14(10-16)6-8-15-13(14)17/h4-5H,2-3,6-10H2,1H3,(H,15,17). The molecule has 0 saturated carbocycles. The Bertz CT molecular complexity index is 410. The average molecular weight is 232 g/mol. The fourth-order valence-electron chi connectivity index (χ4n) is 3.35. The smallest absolute Gasteiger partial charge is 0.228 e. The van der Waals surface area contributed by atoms with E-state index in [-0.39, 0.29) is 11.3 Å². The quantitative estimate of drug-likeness (QED) is 0.748. The molecule has 2 saturated heterocycles. The Morgan fingerprint density at radius 3 is 2.82 bits per heavy atom. The van der Waals surface area contributed by atoms with Crippen molar-refractivity contribution in [2.45, 2.75) is 32.6 Å². The molecule has 0 aromatic heterocycles. The summed E-state index contributed by atoms with van der Waals surface area (Å²) in [6, 6.07) is 0. The van der Waals surface area contributed by atoms with E-state index >= 15 is 0 Å². The van der Waals surface area contributed by atoms with Crippen molar-refractivity contribution in [2.24, 2.45) is 5.41 Å². The number of nitrogens with one attached hydrogen (secondary N) is 1. The fraction of sp³-hybridized carbons (Fsp3) is 0.643. The van der Waals surface area contributed by atoms with Crippen molar-refractivity contribution in [3.63, 3.8) is 0 Å². The molecule has 1 unspecified atom stereocenters. The van der Waals surface area contributed by atoms with Crippen LogP contribution in [-0.4, -0.2) is 30.4 Å². The van der Waals surface area contributed by atoms with E-state index < -0.39 is 0 Å². The molecule has 0 radical (unpaired) electrons. The SMILES string of the molecule is CC1=CCCC=C1N1CCC2(CCNC2=O)C1. The zero-order valence-electron chi connectivity index (χ0n) is 10.5. The van der Waals surface area contributed by atoms with Crippen molar-refractivity contribution in [2.75, 3.05) is 19.6 Å². The van der Waals surface area contributed by atoms with Gasteiger partial charge in [0, 0.05) is 25.3 Å². The average Bonchev–Trinajstić information content (AvgIpc) is 2.89. The van der Waals surface area contributed by atoms with E-state index in [1.54, 1.807) is 0 Å². The van der Waals surface area contributed by atoms with E-state index in [0.29, 0.717) is 0 Å². The van der Waals surface area contributed by atoms with E-state index in [1.165, 1.54) is 11.3 Å². The largest absolute Gasteiger partial charge is 0.370 e. The molecule has 3 nitrogen and oxygen atoms in total. The van der Waals surface area contributed by atoms with Crippen LogP contribution in [0.5, 0.6) is 0 Å². The Hall–Kier alpha value is -1.25. The van der Waals surface area contributed by atoms with E-state index in [0.717, 1.165) is 45.3 Å². The van der Waals surface area contributed by atoms with Gasteiger partial charge < -0.3 is 10.2 Å². The molecule has 0 bridgehead atoms. The van der Waals surface area contributed by atoms with Crippen molar-refractivity contribution < 1.29 is 4.79 Å². The summed E-state index contributed by atoms with van der Waals surface area (Å²) in [6.07, 6.45) is 8.98. The molecule has 1 atom stereocenters. The summed E-state index contributed by atoms with van der Waals surface area (Å²) in [5.41, 5.74) is 2.66. The lowest BCUT2D eigenvalue weighted by molar-refractivity contribution is -0.126. The van der Waals surface area contributed by atoms with Gasteiger partial charge in [0.1, 0.15) is 0 Å². The maximum Gasteiger partial charge on any atom is 0.228 e. The van der Waals surface area contributed by atoms with Crippen LogP contribution in [-0.2, 0) is 4.79 Å². The van der Waals surface area contributed by atoms with E-state index in [9.17, 15) is 4.79 Å². The summed E-state index contributed by atoms with van der Waals surface area (Å²) in [4.78, 5) is 14.3. The van der Waals surface area contributed by atoms with E-state index in [4.69, 9.17) is 0 Å². The monoisotopic (exact) mass is 232 g/mol. The maximum absolute atomic E-state index is 11.9. The minimum atomic E-state index is -0.0848. The molecule has 92 valence electrons. The molecule has 2 fully saturated rings.